The molecule has 0 heterocycles. The van der Waals surface area contributed by atoms with Crippen LogP contribution in [-0.2, 0) is 0 Å². The van der Waals surface area contributed by atoms with E-state index in [0.29, 0.717) is 18.6 Å². The zero-order chi connectivity index (χ0) is 8.27. The highest BCUT2D eigenvalue weighted by atomic mass is 16.3. The van der Waals surface area contributed by atoms with Crippen molar-refractivity contribution in [3.05, 3.63) is 0 Å². The van der Waals surface area contributed by atoms with E-state index in [-0.39, 0.29) is 0 Å². The molecule has 0 aliphatic heterocycles. The van der Waals surface area contributed by atoms with E-state index in [9.17, 15) is 0 Å². The molecule has 0 aromatic heterocycles. The molecule has 1 N–H and O–H groups in total. The normalized spacial score (nSPS) is 32.7. The van der Waals surface area contributed by atoms with Gasteiger partial charge in [-0.1, -0.05) is 12.8 Å². The lowest BCUT2D eigenvalue weighted by molar-refractivity contribution is 0.0975. The van der Waals surface area contributed by atoms with Gasteiger partial charge in [-0.25, -0.2) is 0 Å². The quantitative estimate of drug-likeness (QED) is 0.649. The predicted molar refractivity (Wildman–Crippen MR) is 46.5 cm³/mol. The first-order chi connectivity index (χ1) is 5.25. The lowest BCUT2D eigenvalue weighted by Crippen LogP contribution is -2.39. The number of nitrogens with zero attached hydrogens (tertiary/aromatic N) is 1. The fraction of sp³-hybridized carbons (Fsp3) is 1.00. The molecule has 1 aliphatic carbocycles. The maximum absolute atomic E-state index is 9.08. The monoisotopic (exact) mass is 157 g/mol. The molecular weight excluding hydrogens is 138 g/mol. The van der Waals surface area contributed by atoms with Gasteiger partial charge in [0.05, 0.1) is 0 Å². The minimum atomic E-state index is 0.364. The fourth-order valence-corrected chi connectivity index (χ4v) is 2.08. The number of rotatable bonds is 2. The van der Waals surface area contributed by atoms with Crippen LogP contribution in [0.5, 0.6) is 0 Å². The molecule has 0 amide bonds. The number of aliphatic hydroxyl groups excluding tert-OH is 1. The van der Waals surface area contributed by atoms with Crippen molar-refractivity contribution in [1.82, 2.24) is 4.90 Å². The van der Waals surface area contributed by atoms with Crippen molar-refractivity contribution in [2.75, 3.05) is 20.7 Å². The van der Waals surface area contributed by atoms with Crippen LogP contribution in [-0.4, -0.2) is 36.8 Å². The second-order valence-corrected chi connectivity index (χ2v) is 3.76. The molecule has 1 fully saturated rings. The van der Waals surface area contributed by atoms with Crippen LogP contribution in [0.4, 0.5) is 0 Å². The van der Waals surface area contributed by atoms with E-state index in [4.69, 9.17) is 5.11 Å². The Morgan fingerprint density at radius 3 is 2.36 bits per heavy atom. The Labute approximate surface area is 69.2 Å². The summed E-state index contributed by atoms with van der Waals surface area (Å²) in [7, 11) is 4.22. The Bertz CT molecular complexity index is 114. The summed E-state index contributed by atoms with van der Waals surface area (Å²) in [6.45, 7) is 0.364. The van der Waals surface area contributed by atoms with E-state index in [1.54, 1.807) is 0 Å². The predicted octanol–water partition coefficient (Wildman–Crippen LogP) is 1.10. The van der Waals surface area contributed by atoms with E-state index in [1.807, 2.05) is 0 Å². The zero-order valence-corrected chi connectivity index (χ0v) is 7.58. The fourth-order valence-electron chi connectivity index (χ4n) is 2.08. The molecule has 2 heteroatoms. The summed E-state index contributed by atoms with van der Waals surface area (Å²) in [5.41, 5.74) is 0. The summed E-state index contributed by atoms with van der Waals surface area (Å²) in [6, 6.07) is 0.619. The minimum Gasteiger partial charge on any atom is -0.396 e. The van der Waals surface area contributed by atoms with Crippen molar-refractivity contribution in [2.45, 2.75) is 31.7 Å². The van der Waals surface area contributed by atoms with Crippen molar-refractivity contribution in [1.29, 1.82) is 0 Å². The third kappa shape index (κ3) is 2.17. The average Bonchev–Trinajstić information content (AvgIpc) is 2.04. The molecule has 0 saturated heterocycles. The van der Waals surface area contributed by atoms with Crippen LogP contribution in [0.15, 0.2) is 0 Å². The molecule has 1 rings (SSSR count). The molecule has 0 unspecified atom stereocenters. The Hall–Kier alpha value is -0.0800. The lowest BCUT2D eigenvalue weighted by Gasteiger charge is -2.34. The van der Waals surface area contributed by atoms with E-state index in [0.717, 1.165) is 0 Å². The van der Waals surface area contributed by atoms with E-state index in [1.165, 1.54) is 25.7 Å². The summed E-state index contributed by atoms with van der Waals surface area (Å²) < 4.78 is 0. The maximum Gasteiger partial charge on any atom is 0.0474 e. The molecule has 0 aromatic carbocycles. The second kappa shape index (κ2) is 4.07. The van der Waals surface area contributed by atoms with Gasteiger partial charge in [0, 0.05) is 12.6 Å². The zero-order valence-electron chi connectivity index (χ0n) is 7.58. The van der Waals surface area contributed by atoms with Crippen LogP contribution >= 0.6 is 0 Å². The standard InChI is InChI=1S/C9H19NO/c1-10(2)9-6-4-3-5-8(9)7-11/h8-9,11H,3-7H2,1-2H3/t8-,9-/m1/s1. The van der Waals surface area contributed by atoms with Crippen molar-refractivity contribution in [3.8, 4) is 0 Å². The van der Waals surface area contributed by atoms with Crippen molar-refractivity contribution in [2.24, 2.45) is 5.92 Å². The van der Waals surface area contributed by atoms with Crippen molar-refractivity contribution < 1.29 is 5.11 Å². The highest BCUT2D eigenvalue weighted by Gasteiger charge is 2.25. The topological polar surface area (TPSA) is 23.5 Å². The van der Waals surface area contributed by atoms with Gasteiger partial charge in [-0.05, 0) is 32.9 Å². The molecule has 2 nitrogen and oxygen atoms in total. The average molecular weight is 157 g/mol. The largest absolute Gasteiger partial charge is 0.396 e. The van der Waals surface area contributed by atoms with Gasteiger partial charge in [0.25, 0.3) is 0 Å². The van der Waals surface area contributed by atoms with Gasteiger partial charge in [0.1, 0.15) is 0 Å². The highest BCUT2D eigenvalue weighted by Crippen LogP contribution is 2.26. The van der Waals surface area contributed by atoms with Crippen LogP contribution in [0, 0.1) is 5.92 Å². The molecule has 66 valence electrons. The maximum atomic E-state index is 9.08. The van der Waals surface area contributed by atoms with Crippen LogP contribution in [0.1, 0.15) is 25.7 Å². The Balaban J connectivity index is 2.44. The SMILES string of the molecule is CN(C)[C@@H]1CCCC[C@@H]1CO. The van der Waals surface area contributed by atoms with Gasteiger partial charge < -0.3 is 10.0 Å². The first-order valence-corrected chi connectivity index (χ1v) is 4.53. The second-order valence-electron chi connectivity index (χ2n) is 3.76. The summed E-state index contributed by atoms with van der Waals surface area (Å²) >= 11 is 0. The van der Waals surface area contributed by atoms with Gasteiger partial charge in [0.15, 0.2) is 0 Å². The highest BCUT2D eigenvalue weighted by molar-refractivity contribution is 4.79. The van der Waals surface area contributed by atoms with Crippen LogP contribution in [0.25, 0.3) is 0 Å². The van der Waals surface area contributed by atoms with Gasteiger partial charge in [-0.2, -0.15) is 0 Å². The first kappa shape index (κ1) is 9.01. The Morgan fingerprint density at radius 1 is 1.27 bits per heavy atom. The molecular formula is C9H19NO. The third-order valence-electron chi connectivity index (χ3n) is 2.77. The molecule has 0 bridgehead atoms. The van der Waals surface area contributed by atoms with E-state index >= 15 is 0 Å². The number of aliphatic hydroxyl groups is 1. The summed E-state index contributed by atoms with van der Waals surface area (Å²) in [5, 5.41) is 9.08. The third-order valence-corrected chi connectivity index (χ3v) is 2.77. The number of hydrogen-bond donors (Lipinski definition) is 1. The van der Waals surface area contributed by atoms with Crippen molar-refractivity contribution in [3.63, 3.8) is 0 Å². The van der Waals surface area contributed by atoms with Gasteiger partial charge >= 0.3 is 0 Å². The van der Waals surface area contributed by atoms with Gasteiger partial charge in [-0.15, -0.1) is 0 Å². The van der Waals surface area contributed by atoms with Crippen LogP contribution < -0.4 is 0 Å². The minimum absolute atomic E-state index is 0.364. The number of hydrogen-bond acceptors (Lipinski definition) is 2. The molecule has 1 aliphatic rings. The lowest BCUT2D eigenvalue weighted by atomic mass is 9.84. The molecule has 11 heavy (non-hydrogen) atoms. The molecule has 1 saturated carbocycles. The molecule has 0 spiro atoms. The smallest absolute Gasteiger partial charge is 0.0474 e. The first-order valence-electron chi connectivity index (χ1n) is 4.53. The van der Waals surface area contributed by atoms with Crippen LogP contribution in [0.2, 0.25) is 0 Å². The molecule has 0 radical (unpaired) electrons. The van der Waals surface area contributed by atoms with Gasteiger partial charge in [0.2, 0.25) is 0 Å². The molecule has 2 atom stereocenters. The van der Waals surface area contributed by atoms with E-state index in [2.05, 4.69) is 19.0 Å². The van der Waals surface area contributed by atoms with Crippen molar-refractivity contribution >= 4 is 0 Å². The van der Waals surface area contributed by atoms with E-state index < -0.39 is 0 Å². The van der Waals surface area contributed by atoms with Crippen LogP contribution in [0.3, 0.4) is 0 Å². The summed E-state index contributed by atoms with van der Waals surface area (Å²) in [4.78, 5) is 2.25. The Morgan fingerprint density at radius 2 is 1.91 bits per heavy atom. The molecule has 0 aromatic rings. The Kier molecular flexibility index (Phi) is 3.34. The van der Waals surface area contributed by atoms with Gasteiger partial charge in [-0.3, -0.25) is 0 Å². The summed E-state index contributed by atoms with van der Waals surface area (Å²) in [6.07, 6.45) is 5.10. The summed E-state index contributed by atoms with van der Waals surface area (Å²) in [5.74, 6) is 0.527.